The van der Waals surface area contributed by atoms with Gasteiger partial charge in [0, 0.05) is 5.02 Å². The first-order chi connectivity index (χ1) is 13.7. The summed E-state index contributed by atoms with van der Waals surface area (Å²) in [7, 11) is 0. The van der Waals surface area contributed by atoms with E-state index in [1.165, 1.54) is 0 Å². The molecule has 3 rings (SSSR count). The number of fused-ring (bicyclic) bond motifs is 1. The summed E-state index contributed by atoms with van der Waals surface area (Å²) in [5, 5.41) is 3.85. The first-order valence-electron chi connectivity index (χ1n) is 9.02. The zero-order valence-electron chi connectivity index (χ0n) is 16.3. The van der Waals surface area contributed by atoms with Crippen LogP contribution in [0.2, 0.25) is 5.02 Å². The van der Waals surface area contributed by atoms with Crippen LogP contribution in [-0.4, -0.2) is 35.1 Å². The number of halogens is 1. The summed E-state index contributed by atoms with van der Waals surface area (Å²) < 4.78 is 5.23. The van der Waals surface area contributed by atoms with Gasteiger partial charge in [-0.2, -0.15) is 0 Å². The second-order valence-electron chi connectivity index (χ2n) is 7.48. The molecule has 0 fully saturated rings. The van der Waals surface area contributed by atoms with Gasteiger partial charge < -0.3 is 10.1 Å². The molecule has 3 amide bonds. The fraction of sp³-hybridized carbons (Fsp3) is 0.286. The lowest BCUT2D eigenvalue weighted by molar-refractivity contribution is -0.132. The SMILES string of the molecule is CC(C)(C)OC(=O)NCC(ON1C(=O)c2ccccc2C1=O)c1ccc(Cl)cc1. The second kappa shape index (κ2) is 8.23. The van der Waals surface area contributed by atoms with Crippen LogP contribution in [0.3, 0.4) is 0 Å². The lowest BCUT2D eigenvalue weighted by Gasteiger charge is -2.24. The van der Waals surface area contributed by atoms with Crippen LogP contribution in [0.15, 0.2) is 48.5 Å². The van der Waals surface area contributed by atoms with Gasteiger partial charge in [-0.25, -0.2) is 4.79 Å². The van der Waals surface area contributed by atoms with Gasteiger partial charge in [0.25, 0.3) is 11.8 Å². The molecular formula is C21H21ClN2O5. The minimum absolute atomic E-state index is 0.0239. The molecule has 8 heteroatoms. The number of nitrogens with one attached hydrogen (secondary N) is 1. The van der Waals surface area contributed by atoms with Gasteiger partial charge in [-0.1, -0.05) is 35.9 Å². The number of alkyl carbamates (subject to hydrolysis) is 1. The Bertz CT molecular complexity index is 902. The standard InChI is InChI=1S/C21H21ClN2O5/c1-21(2,3)28-20(27)23-12-17(13-8-10-14(22)11-9-13)29-24-18(25)15-6-4-5-7-16(15)19(24)26/h4-11,17H,12H2,1-3H3,(H,23,27). The van der Waals surface area contributed by atoms with Gasteiger partial charge in [0.05, 0.1) is 17.7 Å². The van der Waals surface area contributed by atoms with Crippen LogP contribution < -0.4 is 5.32 Å². The molecule has 0 aliphatic carbocycles. The number of nitrogens with zero attached hydrogens (tertiary/aromatic N) is 1. The van der Waals surface area contributed by atoms with Crippen molar-refractivity contribution in [3.63, 3.8) is 0 Å². The van der Waals surface area contributed by atoms with Crippen LogP contribution in [0.5, 0.6) is 0 Å². The maximum atomic E-state index is 12.6. The van der Waals surface area contributed by atoms with Crippen LogP contribution in [0.1, 0.15) is 53.2 Å². The highest BCUT2D eigenvalue weighted by Crippen LogP contribution is 2.28. The molecule has 0 bridgehead atoms. The van der Waals surface area contributed by atoms with Crippen molar-refractivity contribution < 1.29 is 24.0 Å². The minimum atomic E-state index is -0.818. The molecule has 0 saturated carbocycles. The smallest absolute Gasteiger partial charge is 0.407 e. The predicted molar refractivity (Wildman–Crippen MR) is 106 cm³/mol. The Morgan fingerprint density at radius 1 is 1.03 bits per heavy atom. The maximum absolute atomic E-state index is 12.6. The van der Waals surface area contributed by atoms with Gasteiger partial charge in [-0.05, 0) is 50.6 Å². The van der Waals surface area contributed by atoms with Crippen LogP contribution in [0.25, 0.3) is 0 Å². The van der Waals surface area contributed by atoms with E-state index in [1.54, 1.807) is 69.3 Å². The summed E-state index contributed by atoms with van der Waals surface area (Å²) in [5.74, 6) is -1.11. The van der Waals surface area contributed by atoms with E-state index in [0.29, 0.717) is 10.6 Å². The van der Waals surface area contributed by atoms with Gasteiger partial charge in [0.1, 0.15) is 11.7 Å². The molecule has 1 heterocycles. The third-order valence-electron chi connectivity index (χ3n) is 4.06. The molecule has 0 saturated heterocycles. The van der Waals surface area contributed by atoms with E-state index in [9.17, 15) is 14.4 Å². The lowest BCUT2D eigenvalue weighted by Crippen LogP contribution is -2.38. The lowest BCUT2D eigenvalue weighted by atomic mass is 10.1. The second-order valence-corrected chi connectivity index (χ2v) is 7.92. The first-order valence-corrected chi connectivity index (χ1v) is 9.40. The van der Waals surface area contributed by atoms with Gasteiger partial charge in [-0.15, -0.1) is 5.06 Å². The summed E-state index contributed by atoms with van der Waals surface area (Å²) in [6.45, 7) is 5.22. The van der Waals surface area contributed by atoms with Crippen molar-refractivity contribution in [3.8, 4) is 0 Å². The Hall–Kier alpha value is -2.90. The Morgan fingerprint density at radius 2 is 1.59 bits per heavy atom. The molecule has 152 valence electrons. The Labute approximate surface area is 173 Å². The largest absolute Gasteiger partial charge is 0.444 e. The van der Waals surface area contributed by atoms with Crippen LogP contribution in [0.4, 0.5) is 4.79 Å². The van der Waals surface area contributed by atoms with Crippen molar-refractivity contribution in [3.05, 3.63) is 70.2 Å². The molecule has 0 aromatic heterocycles. The Morgan fingerprint density at radius 3 is 2.10 bits per heavy atom. The topological polar surface area (TPSA) is 84.9 Å². The number of carbonyl (C=O) groups is 3. The van der Waals surface area contributed by atoms with Gasteiger partial charge in [0.2, 0.25) is 0 Å². The van der Waals surface area contributed by atoms with Crippen molar-refractivity contribution in [1.29, 1.82) is 0 Å². The predicted octanol–water partition coefficient (Wildman–Crippen LogP) is 4.13. The highest BCUT2D eigenvalue weighted by atomic mass is 35.5. The molecule has 2 aromatic rings. The van der Waals surface area contributed by atoms with Crippen LogP contribution >= 0.6 is 11.6 Å². The normalized spacial score (nSPS) is 14.6. The number of hydrogen-bond acceptors (Lipinski definition) is 5. The Balaban J connectivity index is 1.79. The highest BCUT2D eigenvalue weighted by molar-refractivity contribution is 6.30. The number of ether oxygens (including phenoxy) is 1. The summed E-state index contributed by atoms with van der Waals surface area (Å²) in [4.78, 5) is 43.0. The molecule has 0 spiro atoms. The summed E-state index contributed by atoms with van der Waals surface area (Å²) >= 11 is 5.94. The van der Waals surface area contributed by atoms with Crippen LogP contribution in [-0.2, 0) is 9.57 Å². The molecule has 7 nitrogen and oxygen atoms in total. The van der Waals surface area contributed by atoms with Crippen LogP contribution in [0, 0.1) is 0 Å². The zero-order chi connectivity index (χ0) is 21.2. The van der Waals surface area contributed by atoms with Gasteiger partial charge >= 0.3 is 6.09 Å². The van der Waals surface area contributed by atoms with E-state index >= 15 is 0 Å². The summed E-state index contributed by atoms with van der Waals surface area (Å²) in [6.07, 6.45) is -1.45. The van der Waals surface area contributed by atoms with Crippen molar-refractivity contribution in [2.24, 2.45) is 0 Å². The average molecular weight is 417 g/mol. The first kappa shape index (κ1) is 20.8. The summed E-state index contributed by atoms with van der Waals surface area (Å²) in [6, 6.07) is 13.2. The highest BCUT2D eigenvalue weighted by Gasteiger charge is 2.38. The number of hydroxylamine groups is 2. The fourth-order valence-electron chi connectivity index (χ4n) is 2.77. The molecular weight excluding hydrogens is 396 g/mol. The molecule has 1 N–H and O–H groups in total. The quantitative estimate of drug-likeness (QED) is 0.740. The Kier molecular flexibility index (Phi) is 5.91. The number of benzene rings is 2. The number of rotatable bonds is 5. The zero-order valence-corrected chi connectivity index (χ0v) is 17.0. The number of amides is 3. The third kappa shape index (κ3) is 4.93. The average Bonchev–Trinajstić information content (AvgIpc) is 2.89. The maximum Gasteiger partial charge on any atom is 0.407 e. The van der Waals surface area contributed by atoms with E-state index in [2.05, 4.69) is 5.32 Å². The fourth-order valence-corrected chi connectivity index (χ4v) is 2.90. The van der Waals surface area contributed by atoms with E-state index < -0.39 is 29.6 Å². The number of hydrogen-bond donors (Lipinski definition) is 1. The van der Waals surface area contributed by atoms with Crippen molar-refractivity contribution in [2.45, 2.75) is 32.5 Å². The van der Waals surface area contributed by atoms with E-state index in [4.69, 9.17) is 21.2 Å². The van der Waals surface area contributed by atoms with E-state index in [0.717, 1.165) is 5.06 Å². The van der Waals surface area contributed by atoms with Gasteiger partial charge in [-0.3, -0.25) is 14.4 Å². The minimum Gasteiger partial charge on any atom is -0.444 e. The molecule has 29 heavy (non-hydrogen) atoms. The number of carbonyl (C=O) groups excluding carboxylic acids is 3. The molecule has 1 aliphatic heterocycles. The van der Waals surface area contributed by atoms with Gasteiger partial charge in [0.15, 0.2) is 0 Å². The van der Waals surface area contributed by atoms with Crippen molar-refractivity contribution >= 4 is 29.5 Å². The third-order valence-corrected chi connectivity index (χ3v) is 4.31. The number of imide groups is 1. The summed E-state index contributed by atoms with van der Waals surface area (Å²) in [5.41, 5.74) is 0.505. The van der Waals surface area contributed by atoms with Crippen molar-refractivity contribution in [2.75, 3.05) is 6.54 Å². The molecule has 0 radical (unpaired) electrons. The molecule has 1 unspecified atom stereocenters. The molecule has 1 atom stereocenters. The van der Waals surface area contributed by atoms with E-state index in [-0.39, 0.29) is 17.7 Å². The molecule has 2 aromatic carbocycles. The van der Waals surface area contributed by atoms with E-state index in [1.807, 2.05) is 0 Å². The van der Waals surface area contributed by atoms with Crippen molar-refractivity contribution in [1.82, 2.24) is 10.4 Å². The monoisotopic (exact) mass is 416 g/mol. The molecule has 1 aliphatic rings.